The third-order valence-corrected chi connectivity index (χ3v) is 12.2. The zero-order valence-corrected chi connectivity index (χ0v) is 37.6. The molecule has 12 heteroatoms. The maximum atomic E-state index is 14.8. The molecule has 0 aliphatic carbocycles. The Morgan fingerprint density at radius 3 is 1.68 bits per heavy atom. The number of carboxylic acid groups (broad SMARTS) is 1. The molecule has 68 heavy (non-hydrogen) atoms. The lowest BCUT2D eigenvalue weighted by Gasteiger charge is -2.26. The van der Waals surface area contributed by atoms with E-state index >= 15 is 0 Å². The van der Waals surface area contributed by atoms with Crippen LogP contribution in [-0.4, -0.2) is 76.8 Å². The van der Waals surface area contributed by atoms with Crippen molar-refractivity contribution in [2.45, 2.75) is 63.1 Å². The van der Waals surface area contributed by atoms with Gasteiger partial charge in [-0.05, 0) is 82.3 Å². The Bertz CT molecular complexity index is 2640. The molecule has 2 aliphatic rings. The molecule has 2 bridgehead atoms. The van der Waals surface area contributed by atoms with Crippen LogP contribution in [0.3, 0.4) is 0 Å². The first-order valence-electron chi connectivity index (χ1n) is 22.8. The highest BCUT2D eigenvalue weighted by atomic mass is 16.5. The number of hydrogen-bond donors (Lipinski definition) is 5. The van der Waals surface area contributed by atoms with Gasteiger partial charge in [0.25, 0.3) is 0 Å². The largest absolute Gasteiger partial charge is 0.486 e. The van der Waals surface area contributed by atoms with Gasteiger partial charge in [-0.1, -0.05) is 152 Å². The van der Waals surface area contributed by atoms with E-state index in [1.807, 2.05) is 140 Å². The summed E-state index contributed by atoms with van der Waals surface area (Å²) in [4.78, 5) is 83.4. The highest BCUT2D eigenvalue weighted by molar-refractivity contribution is 5.96. The molecule has 8 rings (SSSR count). The molecule has 2 aliphatic heterocycles. The third kappa shape index (κ3) is 13.7. The smallest absolute Gasteiger partial charge is 0.328 e. The molecular weight excluding hydrogens is 859 g/mol. The zero-order chi connectivity index (χ0) is 47.8. The number of carbonyl (C=O) groups is 6. The van der Waals surface area contributed by atoms with Crippen molar-refractivity contribution in [2.75, 3.05) is 13.2 Å². The zero-order valence-electron chi connectivity index (χ0n) is 37.6. The van der Waals surface area contributed by atoms with Crippen LogP contribution in [0.4, 0.5) is 0 Å². The monoisotopic (exact) mass is 913 g/mol. The van der Waals surface area contributed by atoms with Gasteiger partial charge >= 0.3 is 5.97 Å². The minimum absolute atomic E-state index is 0.000426. The second kappa shape index (κ2) is 23.7. The Morgan fingerprint density at radius 2 is 1.12 bits per heavy atom. The summed E-state index contributed by atoms with van der Waals surface area (Å²) in [6.07, 6.45) is 0.169. The van der Waals surface area contributed by atoms with Gasteiger partial charge in [-0.25, -0.2) is 4.79 Å². The van der Waals surface area contributed by atoms with Crippen molar-refractivity contribution < 1.29 is 43.7 Å². The standard InChI is InChI=1S/C56H55N3O9/c60-35-51(56(66)67)59-54(64)46-31-39-20-27-48(28-21-39)68-36-47(61)33-45(30-38-16-23-43(24-17-38)41-12-6-2-7-13-41)53(63)58-50(32-40-18-25-44(26-19-40)42-14-8-3-9-15-42)55(65)57-49(52(62)34-46)29-22-37-10-4-1-5-11-37/h1-21,23-28,45-46,49-51,60H,22,29-36H2,(H,57,65)(H,58,63)(H,59,64)(H,66,67)/t45-,46-,49+,50-,51-/m1/s1. The molecule has 12 nitrogen and oxygen atoms in total. The first-order valence-corrected chi connectivity index (χ1v) is 22.8. The van der Waals surface area contributed by atoms with E-state index < -0.39 is 66.0 Å². The summed E-state index contributed by atoms with van der Waals surface area (Å²) in [5, 5.41) is 27.6. The molecule has 348 valence electrons. The third-order valence-electron chi connectivity index (χ3n) is 12.2. The first kappa shape index (κ1) is 48.2. The van der Waals surface area contributed by atoms with Gasteiger partial charge < -0.3 is 30.9 Å². The van der Waals surface area contributed by atoms with Crippen LogP contribution in [0.15, 0.2) is 164 Å². The van der Waals surface area contributed by atoms with Crippen molar-refractivity contribution in [3.05, 3.63) is 186 Å². The normalized spacial score (nSPS) is 18.7. The van der Waals surface area contributed by atoms with Crippen LogP contribution in [0.25, 0.3) is 22.3 Å². The average molecular weight is 914 g/mol. The van der Waals surface area contributed by atoms with Crippen molar-refractivity contribution >= 4 is 35.3 Å². The van der Waals surface area contributed by atoms with Gasteiger partial charge in [0.05, 0.1) is 12.6 Å². The molecular formula is C56H55N3O9. The Morgan fingerprint density at radius 1 is 0.588 bits per heavy atom. The van der Waals surface area contributed by atoms with E-state index in [4.69, 9.17) is 4.74 Å². The highest BCUT2D eigenvalue weighted by Gasteiger charge is 2.34. The van der Waals surface area contributed by atoms with Crippen molar-refractivity contribution in [3.8, 4) is 28.0 Å². The fourth-order valence-electron chi connectivity index (χ4n) is 8.37. The second-order valence-electron chi connectivity index (χ2n) is 17.2. The molecule has 0 unspecified atom stereocenters. The molecule has 0 aromatic heterocycles. The minimum Gasteiger partial charge on any atom is -0.486 e. The average Bonchev–Trinajstić information content (AvgIpc) is 3.36. The van der Waals surface area contributed by atoms with Gasteiger partial charge in [-0.3, -0.25) is 24.0 Å². The summed E-state index contributed by atoms with van der Waals surface area (Å²) in [6.45, 7) is -1.21. The molecule has 5 atom stereocenters. The van der Waals surface area contributed by atoms with Crippen LogP contribution < -0.4 is 20.7 Å². The number of ketones is 2. The van der Waals surface area contributed by atoms with Crippen LogP contribution in [0.5, 0.6) is 5.75 Å². The molecule has 0 radical (unpaired) electrons. The molecule has 5 N–H and O–H groups in total. The van der Waals surface area contributed by atoms with Crippen molar-refractivity contribution in [1.82, 2.24) is 16.0 Å². The van der Waals surface area contributed by atoms with Crippen molar-refractivity contribution in [1.29, 1.82) is 0 Å². The lowest BCUT2D eigenvalue weighted by molar-refractivity contribution is -0.143. The Hall–Kier alpha value is -7.70. The van der Waals surface area contributed by atoms with Gasteiger partial charge in [0.15, 0.2) is 11.6 Å². The van der Waals surface area contributed by atoms with E-state index in [-0.39, 0.29) is 50.9 Å². The number of carbonyl (C=O) groups excluding carboxylic acids is 5. The summed E-state index contributed by atoms with van der Waals surface area (Å²) in [5.41, 5.74) is 7.03. The molecule has 6 aromatic rings. The lowest BCUT2D eigenvalue weighted by Crippen LogP contribution is -2.54. The molecule has 2 heterocycles. The first-order chi connectivity index (χ1) is 33.0. The number of nitrogens with one attached hydrogen (secondary N) is 3. The van der Waals surface area contributed by atoms with Gasteiger partial charge in [-0.15, -0.1) is 0 Å². The number of fused-ring (bicyclic) bond motifs is 16. The van der Waals surface area contributed by atoms with E-state index in [0.29, 0.717) is 17.7 Å². The van der Waals surface area contributed by atoms with E-state index in [1.165, 1.54) is 0 Å². The molecule has 6 aromatic carbocycles. The number of hydrogen-bond acceptors (Lipinski definition) is 8. The topological polar surface area (TPSA) is 188 Å². The molecule has 0 spiro atoms. The predicted molar refractivity (Wildman–Crippen MR) is 258 cm³/mol. The predicted octanol–water partition coefficient (Wildman–Crippen LogP) is 6.76. The van der Waals surface area contributed by atoms with Gasteiger partial charge in [0.2, 0.25) is 17.7 Å². The van der Waals surface area contributed by atoms with E-state index in [2.05, 4.69) is 16.0 Å². The van der Waals surface area contributed by atoms with Crippen LogP contribution in [-0.2, 0) is 54.5 Å². The number of carboxylic acids is 1. The maximum Gasteiger partial charge on any atom is 0.328 e. The minimum atomic E-state index is -1.61. The maximum absolute atomic E-state index is 14.8. The van der Waals surface area contributed by atoms with E-state index in [9.17, 15) is 39.0 Å². The van der Waals surface area contributed by atoms with Gasteiger partial charge in [0, 0.05) is 31.1 Å². The van der Waals surface area contributed by atoms with E-state index in [0.717, 1.165) is 38.9 Å². The molecule has 0 saturated carbocycles. The number of amides is 3. The summed E-state index contributed by atoms with van der Waals surface area (Å²) >= 11 is 0. The lowest BCUT2D eigenvalue weighted by atomic mass is 9.89. The number of aliphatic hydroxyl groups excluding tert-OH is 1. The van der Waals surface area contributed by atoms with Crippen LogP contribution in [0, 0.1) is 11.8 Å². The fourth-order valence-corrected chi connectivity index (χ4v) is 8.37. The van der Waals surface area contributed by atoms with Gasteiger partial charge in [-0.2, -0.15) is 0 Å². The number of rotatable bonds is 13. The number of aliphatic hydroxyl groups is 1. The number of ether oxygens (including phenoxy) is 1. The number of benzene rings is 6. The Balaban J connectivity index is 1.23. The second-order valence-corrected chi connectivity index (χ2v) is 17.2. The van der Waals surface area contributed by atoms with Crippen molar-refractivity contribution in [2.24, 2.45) is 11.8 Å². The summed E-state index contributed by atoms with van der Waals surface area (Å²) < 4.78 is 5.88. The van der Waals surface area contributed by atoms with Crippen LogP contribution >= 0.6 is 0 Å². The van der Waals surface area contributed by atoms with Gasteiger partial charge in [0.1, 0.15) is 24.4 Å². The summed E-state index contributed by atoms with van der Waals surface area (Å²) in [6, 6.07) is 47.2. The van der Waals surface area contributed by atoms with Crippen LogP contribution in [0.2, 0.25) is 0 Å². The fraction of sp³-hybridized carbons (Fsp3) is 0.250. The molecule has 3 amide bonds. The molecule has 0 fully saturated rings. The summed E-state index contributed by atoms with van der Waals surface area (Å²) in [5.74, 6) is -5.87. The SMILES string of the molecule is O=C1COc2ccc(cc2)C[C@@H](C(=O)N[C@H](CO)C(=O)O)CC(=O)[C@H](CCc2ccccc2)NC(=O)[C@@H](Cc2ccc(-c3ccccc3)cc2)NC(=O)[C@H](Cc2ccc(-c3ccccc3)cc2)C1. The van der Waals surface area contributed by atoms with E-state index in [1.54, 1.807) is 24.3 Å². The number of aryl methyl sites for hydroxylation is 1. The quantitative estimate of drug-likeness (QED) is 0.0835. The van der Waals surface area contributed by atoms with Crippen LogP contribution in [0.1, 0.15) is 41.5 Å². The number of aliphatic carboxylic acids is 1. The number of Topliss-reactive ketones (excluding diaryl/α,β-unsaturated/α-hetero) is 2. The summed E-state index contributed by atoms with van der Waals surface area (Å²) in [7, 11) is 0. The Kier molecular flexibility index (Phi) is 16.8. The van der Waals surface area contributed by atoms with Crippen molar-refractivity contribution in [3.63, 3.8) is 0 Å². The highest BCUT2D eigenvalue weighted by Crippen LogP contribution is 2.25. The molecule has 0 saturated heterocycles. The Labute approximate surface area is 395 Å².